The van der Waals surface area contributed by atoms with Gasteiger partial charge in [0.25, 0.3) is 0 Å². The maximum atomic E-state index is 10.3. The molecule has 2 heteroatoms. The van der Waals surface area contributed by atoms with Gasteiger partial charge in [0.1, 0.15) is 0 Å². The molecule has 4 aliphatic carbocycles. The van der Waals surface area contributed by atoms with Crippen LogP contribution in [0.2, 0.25) is 0 Å². The van der Waals surface area contributed by atoms with E-state index in [4.69, 9.17) is 0 Å². The molecule has 2 N–H and O–H groups in total. The van der Waals surface area contributed by atoms with E-state index in [1.807, 2.05) is 0 Å². The number of hydrogen-bond donors (Lipinski definition) is 2. The molecule has 1 saturated heterocycles. The largest absolute Gasteiger partial charge is 0.393 e. The summed E-state index contributed by atoms with van der Waals surface area (Å²) >= 11 is 0. The normalized spacial score (nSPS) is 57.2. The quantitative estimate of drug-likeness (QED) is 0.556. The Morgan fingerprint density at radius 2 is 1.57 bits per heavy atom. The summed E-state index contributed by atoms with van der Waals surface area (Å²) in [6, 6.07) is 0.739. The summed E-state index contributed by atoms with van der Waals surface area (Å²) in [4.78, 5) is 0. The highest BCUT2D eigenvalue weighted by molar-refractivity contribution is 5.10. The SMILES string of the molecule is CC1CNC([C@@H](C)[C@H]2CC[C@H]3[C@@H]4CC[C@H]5C[C@@H](O)CC[C@]5(C)[C@H]4CC[C@]23C)C[C@@H]1C. The predicted octanol–water partition coefficient (Wildman–Crippen LogP) is 6.28. The molecule has 0 radical (unpaired) electrons. The van der Waals surface area contributed by atoms with Crippen LogP contribution >= 0.6 is 0 Å². The first-order valence-corrected chi connectivity index (χ1v) is 13.7. The van der Waals surface area contributed by atoms with Crippen LogP contribution in [0, 0.1) is 58.2 Å². The second kappa shape index (κ2) is 7.75. The van der Waals surface area contributed by atoms with E-state index in [0.29, 0.717) is 10.8 Å². The van der Waals surface area contributed by atoms with E-state index in [2.05, 4.69) is 39.9 Å². The summed E-state index contributed by atoms with van der Waals surface area (Å²) in [5.74, 6) is 7.10. The Balaban J connectivity index is 1.33. The Kier molecular flexibility index (Phi) is 5.62. The van der Waals surface area contributed by atoms with Gasteiger partial charge in [-0.05, 0) is 129 Å². The van der Waals surface area contributed by atoms with Crippen molar-refractivity contribution >= 4 is 0 Å². The molecule has 2 unspecified atom stereocenters. The lowest BCUT2D eigenvalue weighted by atomic mass is 9.44. The topological polar surface area (TPSA) is 32.3 Å². The fourth-order valence-corrected chi connectivity index (χ4v) is 10.1. The summed E-state index contributed by atoms with van der Waals surface area (Å²) in [6.45, 7) is 14.1. The molecule has 0 aromatic heterocycles. The van der Waals surface area contributed by atoms with Crippen LogP contribution in [0.5, 0.6) is 0 Å². The highest BCUT2D eigenvalue weighted by atomic mass is 16.3. The molecule has 0 spiro atoms. The summed E-state index contributed by atoms with van der Waals surface area (Å²) < 4.78 is 0. The van der Waals surface area contributed by atoms with Crippen molar-refractivity contribution in [2.24, 2.45) is 58.2 Å². The lowest BCUT2D eigenvalue weighted by Crippen LogP contribution is -2.55. The zero-order valence-electron chi connectivity index (χ0n) is 20.5. The molecule has 4 saturated carbocycles. The Morgan fingerprint density at radius 1 is 0.833 bits per heavy atom. The molecule has 0 bridgehead atoms. The molecule has 1 heterocycles. The van der Waals surface area contributed by atoms with Crippen molar-refractivity contribution in [3.8, 4) is 0 Å². The first-order valence-electron chi connectivity index (χ1n) is 13.7. The van der Waals surface area contributed by atoms with Gasteiger partial charge in [-0.1, -0.05) is 34.6 Å². The number of aliphatic hydroxyl groups excluding tert-OH is 1. The van der Waals surface area contributed by atoms with Crippen LogP contribution in [-0.2, 0) is 0 Å². The minimum Gasteiger partial charge on any atom is -0.393 e. The molecule has 30 heavy (non-hydrogen) atoms. The fraction of sp³-hybridized carbons (Fsp3) is 1.00. The zero-order valence-corrected chi connectivity index (χ0v) is 20.5. The summed E-state index contributed by atoms with van der Waals surface area (Å²) in [6.07, 6.45) is 13.6. The Labute approximate surface area is 186 Å². The van der Waals surface area contributed by atoms with Crippen LogP contribution in [0.15, 0.2) is 0 Å². The Hall–Kier alpha value is -0.0800. The van der Waals surface area contributed by atoms with Gasteiger partial charge in [-0.15, -0.1) is 0 Å². The molecule has 0 amide bonds. The van der Waals surface area contributed by atoms with Gasteiger partial charge in [0, 0.05) is 6.04 Å². The van der Waals surface area contributed by atoms with E-state index in [0.717, 1.165) is 66.2 Å². The number of fused-ring (bicyclic) bond motifs is 5. The number of hydrogen-bond acceptors (Lipinski definition) is 2. The van der Waals surface area contributed by atoms with Gasteiger partial charge in [0.2, 0.25) is 0 Å². The molecule has 12 atom stereocenters. The monoisotopic (exact) mass is 415 g/mol. The van der Waals surface area contributed by atoms with Crippen molar-refractivity contribution in [1.29, 1.82) is 0 Å². The molecular weight excluding hydrogens is 366 g/mol. The summed E-state index contributed by atoms with van der Waals surface area (Å²) in [5.41, 5.74) is 1.09. The summed E-state index contributed by atoms with van der Waals surface area (Å²) in [7, 11) is 0. The second-order valence-corrected chi connectivity index (χ2v) is 13.4. The van der Waals surface area contributed by atoms with E-state index in [1.165, 1.54) is 57.9 Å². The predicted molar refractivity (Wildman–Crippen MR) is 125 cm³/mol. The van der Waals surface area contributed by atoms with Gasteiger partial charge in [0.05, 0.1) is 6.10 Å². The van der Waals surface area contributed by atoms with Crippen LogP contribution in [-0.4, -0.2) is 23.8 Å². The third-order valence-electron chi connectivity index (χ3n) is 12.3. The standard InChI is InChI=1S/C28H49NO/c1-17-14-26(29-16-18(17)2)19(3)23-8-9-24-22-7-6-20-15-21(30)10-12-27(20,4)25(22)11-13-28(23,24)5/h17-26,29-30H,6-16H2,1-5H3/t17-,18?,19-,20-,21-,22-,23+,24-,25-,26?,27-,28+/m0/s1. The molecule has 1 aliphatic heterocycles. The van der Waals surface area contributed by atoms with Crippen molar-refractivity contribution in [3.63, 3.8) is 0 Å². The minimum atomic E-state index is -0.0155. The van der Waals surface area contributed by atoms with E-state index in [9.17, 15) is 5.11 Å². The van der Waals surface area contributed by atoms with Gasteiger partial charge in [-0.25, -0.2) is 0 Å². The smallest absolute Gasteiger partial charge is 0.0543 e. The first kappa shape index (κ1) is 21.7. The fourth-order valence-electron chi connectivity index (χ4n) is 10.1. The lowest BCUT2D eigenvalue weighted by Gasteiger charge is -2.61. The van der Waals surface area contributed by atoms with Crippen LogP contribution in [0.4, 0.5) is 0 Å². The first-order chi connectivity index (χ1) is 14.2. The van der Waals surface area contributed by atoms with E-state index >= 15 is 0 Å². The van der Waals surface area contributed by atoms with Gasteiger partial charge in [-0.3, -0.25) is 0 Å². The zero-order chi connectivity index (χ0) is 21.3. The maximum absolute atomic E-state index is 10.3. The number of piperidine rings is 1. The van der Waals surface area contributed by atoms with Crippen LogP contribution in [0.1, 0.15) is 98.8 Å². The maximum Gasteiger partial charge on any atom is 0.0543 e. The molecular formula is C28H49NO. The number of aliphatic hydroxyl groups is 1. The molecule has 5 aliphatic rings. The third kappa shape index (κ3) is 3.25. The van der Waals surface area contributed by atoms with E-state index in [-0.39, 0.29) is 6.10 Å². The Morgan fingerprint density at radius 3 is 2.33 bits per heavy atom. The van der Waals surface area contributed by atoms with Gasteiger partial charge in [0.15, 0.2) is 0 Å². The van der Waals surface area contributed by atoms with E-state index in [1.54, 1.807) is 0 Å². The highest BCUT2D eigenvalue weighted by Crippen LogP contribution is 2.68. The molecule has 5 rings (SSSR count). The van der Waals surface area contributed by atoms with Gasteiger partial charge in [-0.2, -0.15) is 0 Å². The summed E-state index contributed by atoms with van der Waals surface area (Å²) in [5, 5.41) is 14.3. The third-order valence-corrected chi connectivity index (χ3v) is 12.3. The number of rotatable bonds is 2. The molecule has 2 nitrogen and oxygen atoms in total. The van der Waals surface area contributed by atoms with Crippen molar-refractivity contribution in [3.05, 3.63) is 0 Å². The molecule has 0 aromatic rings. The highest BCUT2D eigenvalue weighted by Gasteiger charge is 2.61. The van der Waals surface area contributed by atoms with Crippen molar-refractivity contribution in [2.75, 3.05) is 6.54 Å². The molecule has 0 aromatic carbocycles. The second-order valence-electron chi connectivity index (χ2n) is 13.4. The van der Waals surface area contributed by atoms with Gasteiger partial charge >= 0.3 is 0 Å². The van der Waals surface area contributed by atoms with Crippen molar-refractivity contribution in [1.82, 2.24) is 5.32 Å². The number of nitrogens with one attached hydrogen (secondary N) is 1. The average molecular weight is 416 g/mol. The molecule has 5 fully saturated rings. The molecule has 172 valence electrons. The average Bonchev–Trinajstić information content (AvgIpc) is 3.07. The van der Waals surface area contributed by atoms with Crippen LogP contribution in [0.25, 0.3) is 0 Å². The van der Waals surface area contributed by atoms with Crippen LogP contribution < -0.4 is 5.32 Å². The van der Waals surface area contributed by atoms with Crippen LogP contribution in [0.3, 0.4) is 0 Å². The van der Waals surface area contributed by atoms with Crippen molar-refractivity contribution in [2.45, 2.75) is 111 Å². The Bertz CT molecular complexity index is 634. The van der Waals surface area contributed by atoms with Crippen molar-refractivity contribution < 1.29 is 5.11 Å². The lowest BCUT2D eigenvalue weighted by molar-refractivity contribution is -0.130. The van der Waals surface area contributed by atoms with E-state index < -0.39 is 0 Å². The minimum absolute atomic E-state index is 0.0155. The van der Waals surface area contributed by atoms with Gasteiger partial charge < -0.3 is 10.4 Å².